The van der Waals surface area contributed by atoms with Gasteiger partial charge in [0.2, 0.25) is 0 Å². The van der Waals surface area contributed by atoms with E-state index < -0.39 is 0 Å². The average Bonchev–Trinajstić information content (AvgIpc) is 2.14. The number of hydrogen-bond donors (Lipinski definition) is 1. The third-order valence-electron chi connectivity index (χ3n) is 2.28. The van der Waals surface area contributed by atoms with Crippen LogP contribution in [0.3, 0.4) is 0 Å². The second-order valence-electron chi connectivity index (χ2n) is 4.89. The van der Waals surface area contributed by atoms with Gasteiger partial charge in [-0.25, -0.2) is 0 Å². The summed E-state index contributed by atoms with van der Waals surface area (Å²) >= 11 is 0. The third-order valence-corrected chi connectivity index (χ3v) is 2.28. The summed E-state index contributed by atoms with van der Waals surface area (Å²) in [5.41, 5.74) is 8.35. The Kier molecular flexibility index (Phi) is 3.89. The lowest BCUT2D eigenvalue weighted by molar-refractivity contribution is -0.0103. The highest BCUT2D eigenvalue weighted by Crippen LogP contribution is 2.17. The average molecular weight is 207 g/mol. The zero-order valence-electron chi connectivity index (χ0n) is 10.1. The van der Waals surface area contributed by atoms with E-state index in [0.717, 1.165) is 0 Å². The molecule has 0 aliphatic heterocycles. The maximum absolute atomic E-state index is 6.08. The molecular formula is C13H21NO. The van der Waals surface area contributed by atoms with Crippen LogP contribution < -0.4 is 5.73 Å². The van der Waals surface area contributed by atoms with Crippen molar-refractivity contribution in [3.8, 4) is 0 Å². The first-order chi connectivity index (χ1) is 6.90. The number of ether oxygens (including phenoxy) is 1. The summed E-state index contributed by atoms with van der Waals surface area (Å²) in [6.45, 7) is 8.76. The van der Waals surface area contributed by atoms with Crippen LogP contribution in [0.1, 0.15) is 37.9 Å². The van der Waals surface area contributed by atoms with E-state index in [1.807, 2.05) is 32.9 Å². The minimum atomic E-state index is -0.125. The van der Waals surface area contributed by atoms with Gasteiger partial charge in [-0.2, -0.15) is 0 Å². The fraction of sp³-hybridized carbons (Fsp3) is 0.538. The van der Waals surface area contributed by atoms with Crippen molar-refractivity contribution in [2.24, 2.45) is 5.73 Å². The lowest BCUT2D eigenvalue weighted by atomic mass is 10.0. The smallest absolute Gasteiger partial charge is 0.0666 e. The van der Waals surface area contributed by atoms with Crippen molar-refractivity contribution in [1.29, 1.82) is 0 Å². The van der Waals surface area contributed by atoms with E-state index in [1.54, 1.807) is 0 Å². The Bertz CT molecular complexity index is 315. The zero-order valence-corrected chi connectivity index (χ0v) is 10.1. The van der Waals surface area contributed by atoms with Crippen LogP contribution in [0.5, 0.6) is 0 Å². The van der Waals surface area contributed by atoms with Crippen LogP contribution in [-0.4, -0.2) is 12.2 Å². The molecule has 0 saturated carbocycles. The topological polar surface area (TPSA) is 35.2 Å². The Morgan fingerprint density at radius 1 is 1.27 bits per heavy atom. The molecule has 0 saturated heterocycles. The highest BCUT2D eigenvalue weighted by atomic mass is 16.5. The molecule has 84 valence electrons. The molecule has 2 N–H and O–H groups in total. The number of nitrogens with two attached hydrogens (primary N) is 1. The summed E-state index contributed by atoms with van der Waals surface area (Å²) in [6, 6.07) is 8.14. The van der Waals surface area contributed by atoms with Crippen LogP contribution in [0.4, 0.5) is 0 Å². The molecule has 1 aromatic carbocycles. The van der Waals surface area contributed by atoms with Crippen molar-refractivity contribution in [3.63, 3.8) is 0 Å². The van der Waals surface area contributed by atoms with Crippen LogP contribution in [0.2, 0.25) is 0 Å². The maximum atomic E-state index is 6.08. The van der Waals surface area contributed by atoms with Gasteiger partial charge in [-0.1, -0.05) is 24.3 Å². The van der Waals surface area contributed by atoms with E-state index in [9.17, 15) is 0 Å². The van der Waals surface area contributed by atoms with E-state index in [2.05, 4.69) is 19.1 Å². The molecule has 0 radical (unpaired) electrons. The summed E-state index contributed by atoms with van der Waals surface area (Å²) in [7, 11) is 0. The maximum Gasteiger partial charge on any atom is 0.0666 e. The third kappa shape index (κ3) is 4.02. The first-order valence-corrected chi connectivity index (χ1v) is 5.35. The Morgan fingerprint density at radius 2 is 1.87 bits per heavy atom. The van der Waals surface area contributed by atoms with Gasteiger partial charge in [0.1, 0.15) is 0 Å². The van der Waals surface area contributed by atoms with Crippen LogP contribution in [-0.2, 0) is 4.74 Å². The number of benzene rings is 1. The van der Waals surface area contributed by atoms with Crippen molar-refractivity contribution in [2.45, 2.75) is 39.3 Å². The molecule has 2 nitrogen and oxygen atoms in total. The molecule has 2 heteroatoms. The molecule has 15 heavy (non-hydrogen) atoms. The first-order valence-electron chi connectivity index (χ1n) is 5.35. The van der Waals surface area contributed by atoms with Crippen molar-refractivity contribution in [1.82, 2.24) is 0 Å². The quantitative estimate of drug-likeness (QED) is 0.827. The van der Waals surface area contributed by atoms with Crippen LogP contribution in [0.25, 0.3) is 0 Å². The van der Waals surface area contributed by atoms with Crippen LogP contribution >= 0.6 is 0 Å². The standard InChI is InChI=1S/C13H21NO/c1-10-7-5-6-8-11(10)12(14)9-15-13(2,3)4/h5-8,12H,9,14H2,1-4H3. The second kappa shape index (κ2) is 4.77. The van der Waals surface area contributed by atoms with Crippen molar-refractivity contribution < 1.29 is 4.74 Å². The van der Waals surface area contributed by atoms with E-state index in [0.29, 0.717) is 6.61 Å². The fourth-order valence-corrected chi connectivity index (χ4v) is 1.43. The van der Waals surface area contributed by atoms with Crippen LogP contribution in [0, 0.1) is 6.92 Å². The van der Waals surface area contributed by atoms with Gasteiger partial charge in [0.05, 0.1) is 18.2 Å². The lowest BCUT2D eigenvalue weighted by Gasteiger charge is -2.23. The number of rotatable bonds is 3. The molecule has 0 bridgehead atoms. The van der Waals surface area contributed by atoms with Crippen molar-refractivity contribution >= 4 is 0 Å². The minimum Gasteiger partial charge on any atom is -0.374 e. The van der Waals surface area contributed by atoms with Gasteiger partial charge in [0.15, 0.2) is 0 Å². The summed E-state index contributed by atoms with van der Waals surface area (Å²) in [6.07, 6.45) is 0. The predicted octanol–water partition coefficient (Wildman–Crippen LogP) is 2.81. The summed E-state index contributed by atoms with van der Waals surface area (Å²) < 4.78 is 5.68. The van der Waals surface area contributed by atoms with E-state index in [1.165, 1.54) is 11.1 Å². The minimum absolute atomic E-state index is 0.0366. The molecule has 0 amide bonds. The van der Waals surface area contributed by atoms with E-state index in [-0.39, 0.29) is 11.6 Å². The van der Waals surface area contributed by atoms with Gasteiger partial charge in [-0.15, -0.1) is 0 Å². The largest absolute Gasteiger partial charge is 0.374 e. The molecule has 0 aliphatic carbocycles. The number of aryl methyl sites for hydroxylation is 1. The van der Waals surface area contributed by atoms with E-state index in [4.69, 9.17) is 10.5 Å². The van der Waals surface area contributed by atoms with Crippen molar-refractivity contribution in [2.75, 3.05) is 6.61 Å². The summed E-state index contributed by atoms with van der Waals surface area (Å²) in [5, 5.41) is 0. The zero-order chi connectivity index (χ0) is 11.5. The Balaban J connectivity index is 2.62. The molecule has 1 unspecified atom stereocenters. The first kappa shape index (κ1) is 12.2. The van der Waals surface area contributed by atoms with Gasteiger partial charge in [0, 0.05) is 0 Å². The van der Waals surface area contributed by atoms with Gasteiger partial charge in [-0.05, 0) is 38.8 Å². The molecule has 0 heterocycles. The van der Waals surface area contributed by atoms with Gasteiger partial charge in [-0.3, -0.25) is 0 Å². The molecule has 0 spiro atoms. The Hall–Kier alpha value is -0.860. The molecule has 0 aliphatic rings. The number of hydrogen-bond acceptors (Lipinski definition) is 2. The van der Waals surface area contributed by atoms with Crippen LogP contribution in [0.15, 0.2) is 24.3 Å². The SMILES string of the molecule is Cc1ccccc1C(N)COC(C)(C)C. The van der Waals surface area contributed by atoms with Gasteiger partial charge >= 0.3 is 0 Å². The predicted molar refractivity (Wildman–Crippen MR) is 63.8 cm³/mol. The van der Waals surface area contributed by atoms with Crippen molar-refractivity contribution in [3.05, 3.63) is 35.4 Å². The van der Waals surface area contributed by atoms with Gasteiger partial charge in [0.25, 0.3) is 0 Å². The lowest BCUT2D eigenvalue weighted by Crippen LogP contribution is -2.26. The Morgan fingerprint density at radius 3 is 2.40 bits per heavy atom. The monoisotopic (exact) mass is 207 g/mol. The highest BCUT2D eigenvalue weighted by molar-refractivity contribution is 5.28. The highest BCUT2D eigenvalue weighted by Gasteiger charge is 2.14. The second-order valence-corrected chi connectivity index (χ2v) is 4.89. The molecule has 1 aromatic rings. The fourth-order valence-electron chi connectivity index (χ4n) is 1.43. The Labute approximate surface area is 92.4 Å². The van der Waals surface area contributed by atoms with Gasteiger partial charge < -0.3 is 10.5 Å². The molecule has 0 fully saturated rings. The molecule has 1 atom stereocenters. The van der Waals surface area contributed by atoms with E-state index >= 15 is 0 Å². The normalized spacial score (nSPS) is 13.9. The molecular weight excluding hydrogens is 186 g/mol. The molecule has 1 rings (SSSR count). The summed E-state index contributed by atoms with van der Waals surface area (Å²) in [4.78, 5) is 0. The summed E-state index contributed by atoms with van der Waals surface area (Å²) in [5.74, 6) is 0. The molecule has 0 aromatic heterocycles.